The summed E-state index contributed by atoms with van der Waals surface area (Å²) in [6.07, 6.45) is 0. The second-order valence-electron chi connectivity index (χ2n) is 4.69. The summed E-state index contributed by atoms with van der Waals surface area (Å²) in [6.45, 7) is 1.83. The molecule has 3 aromatic rings. The highest BCUT2D eigenvalue weighted by Crippen LogP contribution is 2.30. The highest BCUT2D eigenvalue weighted by Gasteiger charge is 2.07. The van der Waals surface area contributed by atoms with Gasteiger partial charge < -0.3 is 14.9 Å². The van der Waals surface area contributed by atoms with Gasteiger partial charge in [-0.3, -0.25) is 0 Å². The lowest BCUT2D eigenvalue weighted by atomic mass is 10.1. The Hall–Kier alpha value is -2.82. The van der Waals surface area contributed by atoms with Crippen LogP contribution in [0.5, 0.6) is 11.5 Å². The van der Waals surface area contributed by atoms with Crippen LogP contribution in [-0.2, 0) is 0 Å². The maximum absolute atomic E-state index is 13.0. The van der Waals surface area contributed by atoms with Gasteiger partial charge in [-0.05, 0) is 36.8 Å². The highest BCUT2D eigenvalue weighted by atomic mass is 19.1. The molecule has 2 aromatic carbocycles. The van der Waals surface area contributed by atoms with E-state index in [1.54, 1.807) is 18.2 Å². The molecule has 0 amide bonds. The van der Waals surface area contributed by atoms with Crippen molar-refractivity contribution in [3.05, 3.63) is 64.3 Å². The van der Waals surface area contributed by atoms with Crippen molar-refractivity contribution < 1.29 is 13.5 Å². The quantitative estimate of drug-likeness (QED) is 0.577. The van der Waals surface area contributed by atoms with Crippen LogP contribution < -0.4 is 16.1 Å². The van der Waals surface area contributed by atoms with E-state index in [0.29, 0.717) is 17.1 Å². The van der Waals surface area contributed by atoms with Crippen LogP contribution >= 0.6 is 0 Å². The summed E-state index contributed by atoms with van der Waals surface area (Å²) in [4.78, 5) is 11.4. The molecular weight excluding hydrogens is 273 g/mol. The van der Waals surface area contributed by atoms with E-state index in [0.717, 1.165) is 10.9 Å². The van der Waals surface area contributed by atoms with Gasteiger partial charge in [0.1, 0.15) is 17.1 Å². The molecule has 0 saturated carbocycles. The first-order valence-corrected chi connectivity index (χ1v) is 6.30. The molecule has 0 bridgehead atoms. The van der Waals surface area contributed by atoms with Crippen molar-refractivity contribution in [2.45, 2.75) is 6.92 Å². The molecule has 106 valence electrons. The molecule has 3 rings (SSSR count). The van der Waals surface area contributed by atoms with E-state index in [2.05, 4.69) is 0 Å². The Morgan fingerprint density at radius 3 is 2.71 bits per heavy atom. The maximum atomic E-state index is 13.0. The molecule has 0 aliphatic rings. The first-order chi connectivity index (χ1) is 10.0. The number of hydrogen-bond donors (Lipinski definition) is 1. The van der Waals surface area contributed by atoms with Crippen LogP contribution in [0.2, 0.25) is 0 Å². The lowest BCUT2D eigenvalue weighted by Crippen LogP contribution is -1.98. The third-order valence-corrected chi connectivity index (χ3v) is 3.12. The third-order valence-electron chi connectivity index (χ3n) is 3.12. The summed E-state index contributed by atoms with van der Waals surface area (Å²) in [7, 11) is 0. The molecule has 0 unspecified atom stereocenters. The molecule has 21 heavy (non-hydrogen) atoms. The van der Waals surface area contributed by atoms with Crippen LogP contribution in [0, 0.1) is 12.7 Å². The fourth-order valence-electron chi connectivity index (χ4n) is 2.11. The molecule has 0 saturated heterocycles. The van der Waals surface area contributed by atoms with Crippen molar-refractivity contribution >= 4 is 16.7 Å². The Bertz CT molecular complexity index is 886. The summed E-state index contributed by atoms with van der Waals surface area (Å²) in [5.74, 6) is 0.361. The minimum Gasteiger partial charge on any atom is -0.455 e. The zero-order valence-electron chi connectivity index (χ0n) is 11.2. The van der Waals surface area contributed by atoms with Crippen LogP contribution in [0.3, 0.4) is 0 Å². The Balaban J connectivity index is 2.03. The molecule has 0 aliphatic heterocycles. The molecular formula is C16H12FNO3. The zero-order valence-corrected chi connectivity index (χ0v) is 11.2. The number of anilines is 1. The summed E-state index contributed by atoms with van der Waals surface area (Å²) < 4.78 is 23.7. The molecule has 2 N–H and O–H groups in total. The van der Waals surface area contributed by atoms with Gasteiger partial charge in [-0.25, -0.2) is 9.18 Å². The number of ether oxygens (including phenoxy) is 1. The van der Waals surface area contributed by atoms with Gasteiger partial charge >= 0.3 is 5.63 Å². The molecule has 0 spiro atoms. The Morgan fingerprint density at radius 1 is 1.14 bits per heavy atom. The van der Waals surface area contributed by atoms with E-state index in [-0.39, 0.29) is 5.69 Å². The van der Waals surface area contributed by atoms with Gasteiger partial charge in [0.2, 0.25) is 0 Å². The van der Waals surface area contributed by atoms with E-state index in [1.807, 2.05) is 6.92 Å². The maximum Gasteiger partial charge on any atom is 0.336 e. The van der Waals surface area contributed by atoms with E-state index in [9.17, 15) is 9.18 Å². The van der Waals surface area contributed by atoms with Gasteiger partial charge in [0, 0.05) is 23.6 Å². The topological polar surface area (TPSA) is 65.5 Å². The van der Waals surface area contributed by atoms with Crippen LogP contribution in [0.15, 0.2) is 51.7 Å². The second kappa shape index (κ2) is 4.94. The summed E-state index contributed by atoms with van der Waals surface area (Å²) in [5.41, 5.74) is 6.73. The standard InChI is InChI=1S/C16H12FNO3/c1-9-6-16(19)21-15-8-11(3-4-12(9)15)20-14-5-2-10(17)7-13(14)18/h2-8H,18H2,1H3. The number of fused-ring (bicyclic) bond motifs is 1. The van der Waals surface area contributed by atoms with Crippen molar-refractivity contribution in [2.75, 3.05) is 5.73 Å². The van der Waals surface area contributed by atoms with Gasteiger partial charge in [-0.15, -0.1) is 0 Å². The van der Waals surface area contributed by atoms with Gasteiger partial charge in [0.05, 0.1) is 5.69 Å². The summed E-state index contributed by atoms with van der Waals surface area (Å²) >= 11 is 0. The second-order valence-corrected chi connectivity index (χ2v) is 4.69. The van der Waals surface area contributed by atoms with Crippen molar-refractivity contribution in [1.29, 1.82) is 0 Å². The van der Waals surface area contributed by atoms with Gasteiger partial charge in [-0.1, -0.05) is 0 Å². The number of rotatable bonds is 2. The third kappa shape index (κ3) is 2.58. The number of halogens is 1. The smallest absolute Gasteiger partial charge is 0.336 e. The fraction of sp³-hybridized carbons (Fsp3) is 0.0625. The van der Waals surface area contributed by atoms with E-state index < -0.39 is 11.4 Å². The van der Waals surface area contributed by atoms with E-state index >= 15 is 0 Å². The summed E-state index contributed by atoms with van der Waals surface area (Å²) in [6, 6.07) is 10.5. The van der Waals surface area contributed by atoms with Gasteiger partial charge in [-0.2, -0.15) is 0 Å². The molecule has 0 atom stereocenters. The van der Waals surface area contributed by atoms with E-state index in [4.69, 9.17) is 14.9 Å². The Kier molecular flexibility index (Phi) is 3.10. The molecule has 0 aliphatic carbocycles. The first kappa shape index (κ1) is 13.2. The number of nitrogens with two attached hydrogens (primary N) is 1. The molecule has 4 nitrogen and oxygen atoms in total. The molecule has 1 aromatic heterocycles. The highest BCUT2D eigenvalue weighted by molar-refractivity contribution is 5.81. The predicted molar refractivity (Wildman–Crippen MR) is 78.1 cm³/mol. The molecule has 0 fully saturated rings. The van der Waals surface area contributed by atoms with Crippen molar-refractivity contribution in [3.63, 3.8) is 0 Å². The van der Waals surface area contributed by atoms with Crippen molar-refractivity contribution in [2.24, 2.45) is 0 Å². The predicted octanol–water partition coefficient (Wildman–Crippen LogP) is 3.62. The van der Waals surface area contributed by atoms with Crippen molar-refractivity contribution in [1.82, 2.24) is 0 Å². The minimum absolute atomic E-state index is 0.195. The summed E-state index contributed by atoms with van der Waals surface area (Å²) in [5, 5.41) is 0.828. The lowest BCUT2D eigenvalue weighted by molar-refractivity contribution is 0.481. The van der Waals surface area contributed by atoms with Crippen LogP contribution in [-0.4, -0.2) is 0 Å². The van der Waals surface area contributed by atoms with E-state index in [1.165, 1.54) is 24.3 Å². The Labute approximate surface area is 119 Å². The first-order valence-electron chi connectivity index (χ1n) is 6.30. The minimum atomic E-state index is -0.431. The van der Waals surface area contributed by atoms with Crippen molar-refractivity contribution in [3.8, 4) is 11.5 Å². The Morgan fingerprint density at radius 2 is 1.95 bits per heavy atom. The van der Waals surface area contributed by atoms with Gasteiger partial charge in [0.15, 0.2) is 5.75 Å². The lowest BCUT2D eigenvalue weighted by Gasteiger charge is -2.09. The normalized spacial score (nSPS) is 10.8. The molecule has 1 heterocycles. The molecule has 5 heteroatoms. The monoisotopic (exact) mass is 285 g/mol. The number of aryl methyl sites for hydroxylation is 1. The SMILES string of the molecule is Cc1cc(=O)oc2cc(Oc3ccc(F)cc3N)ccc12. The average Bonchev–Trinajstić information content (AvgIpc) is 2.41. The van der Waals surface area contributed by atoms with Crippen LogP contribution in [0.1, 0.15) is 5.56 Å². The fourth-order valence-corrected chi connectivity index (χ4v) is 2.11. The number of hydrogen-bond acceptors (Lipinski definition) is 4. The van der Waals surface area contributed by atoms with Gasteiger partial charge in [0.25, 0.3) is 0 Å². The number of nitrogen functional groups attached to an aromatic ring is 1. The zero-order chi connectivity index (χ0) is 15.0. The molecule has 0 radical (unpaired) electrons. The van der Waals surface area contributed by atoms with Crippen LogP contribution in [0.4, 0.5) is 10.1 Å². The largest absolute Gasteiger partial charge is 0.455 e. The van der Waals surface area contributed by atoms with Crippen LogP contribution in [0.25, 0.3) is 11.0 Å². The number of benzene rings is 2. The average molecular weight is 285 g/mol.